The van der Waals surface area contributed by atoms with E-state index in [2.05, 4.69) is 21.6 Å². The van der Waals surface area contributed by atoms with Gasteiger partial charge in [-0.2, -0.15) is 5.10 Å². The molecule has 0 radical (unpaired) electrons. The summed E-state index contributed by atoms with van der Waals surface area (Å²) in [6.07, 6.45) is 2.85. The van der Waals surface area contributed by atoms with Gasteiger partial charge < -0.3 is 15.0 Å². The standard InChI is InChI=1S/C18H22N4O2/c1-24-16-7-3-2-5-12(16)15-6-4-10-22(15)18(23)17-13-11-19-9-8-14(13)20-21-17/h2-3,5,7,15,19H,4,6,8-11H2,1H3,(H,20,21). The summed E-state index contributed by atoms with van der Waals surface area (Å²) in [5, 5.41) is 10.7. The first-order valence-corrected chi connectivity index (χ1v) is 8.50. The van der Waals surface area contributed by atoms with E-state index in [0.29, 0.717) is 12.2 Å². The number of likely N-dealkylation sites (tertiary alicyclic amines) is 1. The number of nitrogens with zero attached hydrogens (tertiary/aromatic N) is 2. The molecule has 1 aromatic carbocycles. The van der Waals surface area contributed by atoms with Crippen molar-refractivity contribution in [2.45, 2.75) is 31.8 Å². The van der Waals surface area contributed by atoms with Crippen LogP contribution < -0.4 is 10.1 Å². The Hall–Kier alpha value is -2.34. The molecule has 6 nitrogen and oxygen atoms in total. The molecule has 2 aromatic rings. The van der Waals surface area contributed by atoms with Crippen LogP contribution in [0.25, 0.3) is 0 Å². The minimum atomic E-state index is 0.0182. The summed E-state index contributed by atoms with van der Waals surface area (Å²) >= 11 is 0. The number of rotatable bonds is 3. The highest BCUT2D eigenvalue weighted by atomic mass is 16.5. The van der Waals surface area contributed by atoms with Crippen molar-refractivity contribution < 1.29 is 9.53 Å². The van der Waals surface area contributed by atoms with Crippen molar-refractivity contribution in [3.8, 4) is 5.75 Å². The van der Waals surface area contributed by atoms with Crippen molar-refractivity contribution in [3.63, 3.8) is 0 Å². The van der Waals surface area contributed by atoms with Crippen LogP contribution >= 0.6 is 0 Å². The van der Waals surface area contributed by atoms with Gasteiger partial charge in [0, 0.05) is 42.9 Å². The Labute approximate surface area is 141 Å². The lowest BCUT2D eigenvalue weighted by atomic mass is 10.0. The van der Waals surface area contributed by atoms with E-state index in [0.717, 1.165) is 54.9 Å². The molecule has 0 bridgehead atoms. The molecule has 1 fully saturated rings. The normalized spacial score (nSPS) is 20.0. The molecule has 2 aliphatic heterocycles. The van der Waals surface area contributed by atoms with E-state index in [1.807, 2.05) is 23.1 Å². The summed E-state index contributed by atoms with van der Waals surface area (Å²) in [6.45, 7) is 2.40. The van der Waals surface area contributed by atoms with Crippen LogP contribution in [0.2, 0.25) is 0 Å². The third kappa shape index (κ3) is 2.47. The van der Waals surface area contributed by atoms with Crippen molar-refractivity contribution in [1.82, 2.24) is 20.4 Å². The molecule has 0 aliphatic carbocycles. The number of nitrogens with one attached hydrogen (secondary N) is 2. The zero-order valence-electron chi connectivity index (χ0n) is 13.8. The number of carbonyl (C=O) groups is 1. The summed E-state index contributed by atoms with van der Waals surface area (Å²) in [5.74, 6) is 0.859. The lowest BCUT2D eigenvalue weighted by Gasteiger charge is -2.26. The number of methoxy groups -OCH3 is 1. The van der Waals surface area contributed by atoms with E-state index in [1.54, 1.807) is 7.11 Å². The number of amides is 1. The summed E-state index contributed by atoms with van der Waals surface area (Å²) in [7, 11) is 1.68. The first-order chi connectivity index (χ1) is 11.8. The van der Waals surface area contributed by atoms with E-state index in [-0.39, 0.29) is 11.9 Å². The second-order valence-corrected chi connectivity index (χ2v) is 6.35. The largest absolute Gasteiger partial charge is 0.496 e. The molecule has 0 saturated carbocycles. The predicted octanol–water partition coefficient (Wildman–Crippen LogP) is 2.04. The third-order valence-electron chi connectivity index (χ3n) is 5.02. The quantitative estimate of drug-likeness (QED) is 0.905. The molecular weight excluding hydrogens is 304 g/mol. The molecule has 4 rings (SSSR count). The molecule has 1 amide bonds. The maximum atomic E-state index is 13.1. The topological polar surface area (TPSA) is 70.2 Å². The molecule has 1 atom stereocenters. The third-order valence-corrected chi connectivity index (χ3v) is 5.02. The molecule has 1 unspecified atom stereocenters. The van der Waals surface area contributed by atoms with Gasteiger partial charge in [0.25, 0.3) is 5.91 Å². The van der Waals surface area contributed by atoms with Crippen LogP contribution in [0.1, 0.15) is 46.2 Å². The monoisotopic (exact) mass is 326 g/mol. The number of carbonyl (C=O) groups excluding carboxylic acids is 1. The molecule has 3 heterocycles. The van der Waals surface area contributed by atoms with Gasteiger partial charge in [-0.1, -0.05) is 18.2 Å². The molecule has 126 valence electrons. The van der Waals surface area contributed by atoms with Gasteiger partial charge in [0.1, 0.15) is 5.75 Å². The predicted molar refractivity (Wildman–Crippen MR) is 90.0 cm³/mol. The van der Waals surface area contributed by atoms with Crippen LogP contribution in [-0.4, -0.2) is 41.2 Å². The van der Waals surface area contributed by atoms with Crippen LogP contribution in [0.15, 0.2) is 24.3 Å². The lowest BCUT2D eigenvalue weighted by Crippen LogP contribution is -2.33. The highest BCUT2D eigenvalue weighted by Gasteiger charge is 2.35. The Bertz CT molecular complexity index is 755. The zero-order chi connectivity index (χ0) is 16.5. The highest BCUT2D eigenvalue weighted by Crippen LogP contribution is 2.38. The van der Waals surface area contributed by atoms with Crippen LogP contribution in [0.3, 0.4) is 0 Å². The SMILES string of the molecule is COc1ccccc1C1CCCN1C(=O)c1n[nH]c2c1CNCC2. The van der Waals surface area contributed by atoms with Crippen molar-refractivity contribution >= 4 is 5.91 Å². The number of fused-ring (bicyclic) bond motifs is 1. The average molecular weight is 326 g/mol. The number of H-pyrrole nitrogens is 1. The zero-order valence-corrected chi connectivity index (χ0v) is 13.8. The van der Waals surface area contributed by atoms with Gasteiger partial charge >= 0.3 is 0 Å². The number of ether oxygens (including phenoxy) is 1. The molecule has 24 heavy (non-hydrogen) atoms. The maximum Gasteiger partial charge on any atom is 0.275 e. The Kier molecular flexibility index (Phi) is 3.98. The Morgan fingerprint density at radius 3 is 3.12 bits per heavy atom. The minimum Gasteiger partial charge on any atom is -0.496 e. The van der Waals surface area contributed by atoms with Gasteiger partial charge in [0.05, 0.1) is 13.2 Å². The second-order valence-electron chi connectivity index (χ2n) is 6.35. The fourth-order valence-corrected chi connectivity index (χ4v) is 3.81. The first kappa shape index (κ1) is 15.2. The van der Waals surface area contributed by atoms with Crippen molar-refractivity contribution in [2.24, 2.45) is 0 Å². The fourth-order valence-electron chi connectivity index (χ4n) is 3.81. The molecule has 1 aromatic heterocycles. The van der Waals surface area contributed by atoms with Gasteiger partial charge in [-0.05, 0) is 18.9 Å². The van der Waals surface area contributed by atoms with Gasteiger partial charge in [-0.3, -0.25) is 9.89 Å². The molecule has 6 heteroatoms. The number of hydrogen-bond acceptors (Lipinski definition) is 4. The van der Waals surface area contributed by atoms with Gasteiger partial charge in [-0.15, -0.1) is 0 Å². The van der Waals surface area contributed by atoms with Crippen LogP contribution in [0.4, 0.5) is 0 Å². The van der Waals surface area contributed by atoms with E-state index < -0.39 is 0 Å². The molecule has 2 aliphatic rings. The molecule has 2 N–H and O–H groups in total. The molecular formula is C18H22N4O2. The second kappa shape index (κ2) is 6.28. The average Bonchev–Trinajstić information content (AvgIpc) is 3.28. The number of aromatic amines is 1. The first-order valence-electron chi connectivity index (χ1n) is 8.50. The highest BCUT2D eigenvalue weighted by molar-refractivity contribution is 5.94. The van der Waals surface area contributed by atoms with Crippen LogP contribution in [0, 0.1) is 0 Å². The fraction of sp³-hybridized carbons (Fsp3) is 0.444. The van der Waals surface area contributed by atoms with Gasteiger partial charge in [-0.25, -0.2) is 0 Å². The number of aromatic nitrogens is 2. The summed E-state index contributed by atoms with van der Waals surface area (Å²) in [4.78, 5) is 15.1. The summed E-state index contributed by atoms with van der Waals surface area (Å²) in [6, 6.07) is 8.02. The molecule has 0 spiro atoms. The number of para-hydroxylation sites is 1. The Balaban J connectivity index is 1.65. The van der Waals surface area contributed by atoms with E-state index in [4.69, 9.17) is 4.74 Å². The van der Waals surface area contributed by atoms with Crippen LogP contribution in [0.5, 0.6) is 5.75 Å². The van der Waals surface area contributed by atoms with E-state index >= 15 is 0 Å². The Morgan fingerprint density at radius 1 is 1.38 bits per heavy atom. The smallest absolute Gasteiger partial charge is 0.275 e. The van der Waals surface area contributed by atoms with Gasteiger partial charge in [0.15, 0.2) is 5.69 Å². The van der Waals surface area contributed by atoms with E-state index in [9.17, 15) is 4.79 Å². The molecule has 1 saturated heterocycles. The van der Waals surface area contributed by atoms with Crippen LogP contribution in [-0.2, 0) is 13.0 Å². The Morgan fingerprint density at radius 2 is 2.25 bits per heavy atom. The lowest BCUT2D eigenvalue weighted by molar-refractivity contribution is 0.0727. The maximum absolute atomic E-state index is 13.1. The van der Waals surface area contributed by atoms with Crippen molar-refractivity contribution in [1.29, 1.82) is 0 Å². The van der Waals surface area contributed by atoms with Crippen molar-refractivity contribution in [2.75, 3.05) is 20.2 Å². The number of benzene rings is 1. The van der Waals surface area contributed by atoms with Gasteiger partial charge in [0.2, 0.25) is 0 Å². The van der Waals surface area contributed by atoms with Crippen molar-refractivity contribution in [3.05, 3.63) is 46.8 Å². The minimum absolute atomic E-state index is 0.0182. The number of hydrogen-bond donors (Lipinski definition) is 2. The summed E-state index contributed by atoms with van der Waals surface area (Å²) in [5.41, 5.74) is 3.76. The summed E-state index contributed by atoms with van der Waals surface area (Å²) < 4.78 is 5.50. The van der Waals surface area contributed by atoms with E-state index in [1.165, 1.54) is 0 Å².